The highest BCUT2D eigenvalue weighted by Crippen LogP contribution is 2.30. The number of methoxy groups -OCH3 is 1. The number of carbonyl (C=O) groups is 1. The monoisotopic (exact) mass is 372 g/mol. The van der Waals surface area contributed by atoms with Crippen LogP contribution in [0.2, 0.25) is 5.02 Å². The molecule has 1 fully saturated rings. The summed E-state index contributed by atoms with van der Waals surface area (Å²) in [5.74, 6) is 0.627. The van der Waals surface area contributed by atoms with Crippen LogP contribution >= 0.6 is 23.4 Å². The van der Waals surface area contributed by atoms with Gasteiger partial charge in [-0.1, -0.05) is 29.8 Å². The van der Waals surface area contributed by atoms with Gasteiger partial charge in [-0.3, -0.25) is 4.79 Å². The van der Waals surface area contributed by atoms with E-state index in [1.54, 1.807) is 13.2 Å². The largest absolute Gasteiger partial charge is 0.496 e. The number of ether oxygens (including phenoxy) is 1. The Morgan fingerprint density at radius 3 is 2.64 bits per heavy atom. The van der Waals surface area contributed by atoms with Crippen molar-refractivity contribution in [1.82, 2.24) is 5.32 Å². The van der Waals surface area contributed by atoms with Crippen molar-refractivity contribution in [2.75, 3.05) is 7.11 Å². The number of nitrogens with one attached hydrogen (secondary N) is 1. The maximum absolute atomic E-state index is 12.2. The van der Waals surface area contributed by atoms with E-state index in [1.807, 2.05) is 50.3 Å². The normalized spacial score (nSPS) is 17.2. The Morgan fingerprint density at radius 1 is 1.16 bits per heavy atom. The van der Waals surface area contributed by atoms with E-state index in [2.05, 4.69) is 10.3 Å². The molecule has 0 aliphatic carbocycles. The van der Waals surface area contributed by atoms with Crippen molar-refractivity contribution in [3.63, 3.8) is 0 Å². The third-order valence-electron chi connectivity index (χ3n) is 3.77. The number of halogens is 1. The fourth-order valence-electron chi connectivity index (χ4n) is 2.33. The molecule has 2 aromatic rings. The van der Waals surface area contributed by atoms with Crippen molar-refractivity contribution in [2.45, 2.75) is 13.8 Å². The van der Waals surface area contributed by atoms with E-state index >= 15 is 0 Å². The van der Waals surface area contributed by atoms with E-state index in [0.29, 0.717) is 20.8 Å². The Labute approximate surface area is 155 Å². The number of aliphatic imine (C=N–C) groups is 1. The van der Waals surface area contributed by atoms with Gasteiger partial charge in [0.2, 0.25) is 0 Å². The molecule has 0 bridgehead atoms. The van der Waals surface area contributed by atoms with Crippen LogP contribution in [-0.2, 0) is 4.79 Å². The van der Waals surface area contributed by atoms with Gasteiger partial charge >= 0.3 is 0 Å². The molecule has 2 aromatic carbocycles. The van der Waals surface area contributed by atoms with Gasteiger partial charge < -0.3 is 10.1 Å². The second-order valence-corrected chi connectivity index (χ2v) is 7.08. The van der Waals surface area contributed by atoms with Crippen LogP contribution in [-0.4, -0.2) is 18.2 Å². The van der Waals surface area contributed by atoms with Gasteiger partial charge in [-0.15, -0.1) is 0 Å². The number of rotatable bonds is 3. The lowest BCUT2D eigenvalue weighted by Gasteiger charge is -2.05. The highest BCUT2D eigenvalue weighted by atomic mass is 35.5. The zero-order valence-electron chi connectivity index (χ0n) is 14.1. The van der Waals surface area contributed by atoms with E-state index in [4.69, 9.17) is 16.3 Å². The first-order valence-corrected chi connectivity index (χ1v) is 8.86. The summed E-state index contributed by atoms with van der Waals surface area (Å²) in [6, 6.07) is 11.4. The Hall–Kier alpha value is -2.24. The predicted octanol–water partition coefficient (Wildman–Crippen LogP) is 4.86. The second kappa shape index (κ2) is 7.33. The number of nitrogens with zero attached hydrogens (tertiary/aromatic N) is 1. The molecule has 3 rings (SSSR count). The molecule has 1 N–H and O–H groups in total. The molecule has 1 aliphatic rings. The third-order valence-corrected chi connectivity index (χ3v) is 5.08. The van der Waals surface area contributed by atoms with Crippen LogP contribution in [0, 0.1) is 13.8 Å². The molecule has 128 valence electrons. The van der Waals surface area contributed by atoms with Crippen molar-refractivity contribution in [3.05, 3.63) is 63.0 Å². The van der Waals surface area contributed by atoms with Crippen LogP contribution in [0.1, 0.15) is 16.7 Å². The Morgan fingerprint density at radius 2 is 1.92 bits per heavy atom. The summed E-state index contributed by atoms with van der Waals surface area (Å²) >= 11 is 7.42. The Balaban J connectivity index is 1.84. The predicted molar refractivity (Wildman–Crippen MR) is 105 cm³/mol. The van der Waals surface area contributed by atoms with Crippen molar-refractivity contribution in [1.29, 1.82) is 0 Å². The van der Waals surface area contributed by atoms with Crippen LogP contribution in [0.15, 0.2) is 46.3 Å². The zero-order chi connectivity index (χ0) is 18.0. The van der Waals surface area contributed by atoms with E-state index < -0.39 is 0 Å². The fraction of sp³-hybridized carbons (Fsp3) is 0.158. The number of amides is 1. The maximum atomic E-state index is 12.2. The van der Waals surface area contributed by atoms with Gasteiger partial charge in [0.1, 0.15) is 5.75 Å². The van der Waals surface area contributed by atoms with E-state index in [-0.39, 0.29) is 5.91 Å². The molecule has 4 nitrogen and oxygen atoms in total. The highest BCUT2D eigenvalue weighted by molar-refractivity contribution is 8.18. The quantitative estimate of drug-likeness (QED) is 0.783. The van der Waals surface area contributed by atoms with Gasteiger partial charge in [0.05, 0.1) is 17.7 Å². The number of hydrogen-bond donors (Lipinski definition) is 1. The van der Waals surface area contributed by atoms with Gasteiger partial charge in [0, 0.05) is 5.02 Å². The van der Waals surface area contributed by atoms with Gasteiger partial charge in [-0.25, -0.2) is 4.99 Å². The van der Waals surface area contributed by atoms with E-state index in [9.17, 15) is 4.79 Å². The average molecular weight is 373 g/mol. The van der Waals surface area contributed by atoms with Crippen LogP contribution in [0.25, 0.3) is 6.08 Å². The topological polar surface area (TPSA) is 50.7 Å². The highest BCUT2D eigenvalue weighted by Gasteiger charge is 2.23. The van der Waals surface area contributed by atoms with Gasteiger partial charge in [-0.2, -0.15) is 0 Å². The lowest BCUT2D eigenvalue weighted by atomic mass is 10.1. The number of benzene rings is 2. The molecule has 0 spiro atoms. The smallest absolute Gasteiger partial charge is 0.264 e. The Bertz CT molecular complexity index is 906. The third kappa shape index (κ3) is 4.06. The summed E-state index contributed by atoms with van der Waals surface area (Å²) < 4.78 is 5.33. The van der Waals surface area contributed by atoms with Crippen LogP contribution in [0.5, 0.6) is 5.75 Å². The zero-order valence-corrected chi connectivity index (χ0v) is 15.7. The lowest BCUT2D eigenvalue weighted by molar-refractivity contribution is -0.115. The number of thioether (sulfide) groups is 1. The second-order valence-electron chi connectivity index (χ2n) is 5.64. The number of hydrogen-bond acceptors (Lipinski definition) is 4. The minimum absolute atomic E-state index is 0.165. The van der Waals surface area contributed by atoms with Gasteiger partial charge in [0.25, 0.3) is 5.91 Å². The van der Waals surface area contributed by atoms with Crippen LogP contribution in [0.3, 0.4) is 0 Å². The van der Waals surface area contributed by atoms with Crippen molar-refractivity contribution in [3.8, 4) is 5.75 Å². The molecular weight excluding hydrogens is 356 g/mol. The van der Waals surface area contributed by atoms with Crippen molar-refractivity contribution >= 4 is 46.2 Å². The first-order valence-electron chi connectivity index (χ1n) is 7.66. The minimum Gasteiger partial charge on any atom is -0.496 e. The summed E-state index contributed by atoms with van der Waals surface area (Å²) in [5, 5.41) is 3.97. The molecule has 25 heavy (non-hydrogen) atoms. The molecule has 1 heterocycles. The maximum Gasteiger partial charge on any atom is 0.264 e. The summed E-state index contributed by atoms with van der Waals surface area (Å²) in [7, 11) is 1.63. The van der Waals surface area contributed by atoms with Crippen molar-refractivity contribution in [2.24, 2.45) is 4.99 Å². The fourth-order valence-corrected chi connectivity index (χ4v) is 3.34. The molecule has 1 saturated heterocycles. The van der Waals surface area contributed by atoms with Crippen molar-refractivity contribution < 1.29 is 9.53 Å². The van der Waals surface area contributed by atoms with Crippen LogP contribution in [0.4, 0.5) is 5.69 Å². The first-order chi connectivity index (χ1) is 12.0. The first kappa shape index (κ1) is 17.6. The van der Waals surface area contributed by atoms with E-state index in [1.165, 1.54) is 11.8 Å². The summed E-state index contributed by atoms with van der Waals surface area (Å²) in [6.45, 7) is 3.91. The molecular formula is C19H17ClN2O2S. The van der Waals surface area contributed by atoms with E-state index in [0.717, 1.165) is 22.4 Å². The lowest BCUT2D eigenvalue weighted by Crippen LogP contribution is -2.19. The van der Waals surface area contributed by atoms with Crippen LogP contribution < -0.4 is 10.1 Å². The average Bonchev–Trinajstić information content (AvgIpc) is 2.92. The molecule has 0 aromatic heterocycles. The van der Waals surface area contributed by atoms with Gasteiger partial charge in [0.15, 0.2) is 5.17 Å². The summed E-state index contributed by atoms with van der Waals surface area (Å²) in [5.41, 5.74) is 3.64. The molecule has 0 unspecified atom stereocenters. The number of amidine groups is 1. The Kier molecular flexibility index (Phi) is 5.16. The molecule has 0 saturated carbocycles. The molecule has 0 radical (unpaired) electrons. The molecule has 1 aliphatic heterocycles. The summed E-state index contributed by atoms with van der Waals surface area (Å²) in [6.07, 6.45) is 1.83. The molecule has 6 heteroatoms. The minimum atomic E-state index is -0.165. The molecule has 1 amide bonds. The summed E-state index contributed by atoms with van der Waals surface area (Å²) in [4.78, 5) is 17.2. The number of carbonyl (C=O) groups excluding carboxylic acids is 1. The van der Waals surface area contributed by atoms with Gasteiger partial charge in [-0.05, 0) is 66.6 Å². The SMILES string of the molecule is COc1cc(C=C2SC(=Nc3ccc(C)c(Cl)c3)NC2=O)ccc1C. The standard InChI is InChI=1S/C19H17ClN2O2S/c1-11-5-7-14(10-15(11)20)21-19-22-18(23)17(25-19)9-13-6-4-12(2)16(8-13)24-3/h4-10H,1-3H3,(H,21,22,23). The number of aryl methyl sites for hydroxylation is 2. The molecule has 0 atom stereocenters.